The van der Waals surface area contributed by atoms with E-state index in [0.717, 1.165) is 12.0 Å². The summed E-state index contributed by atoms with van der Waals surface area (Å²) in [5, 5.41) is 8.88. The van der Waals surface area contributed by atoms with Crippen molar-refractivity contribution < 1.29 is 5.11 Å². The largest absolute Gasteiger partial charge is 0.389 e. The van der Waals surface area contributed by atoms with Gasteiger partial charge in [0.2, 0.25) is 0 Å². The van der Waals surface area contributed by atoms with E-state index in [4.69, 9.17) is 5.11 Å². The van der Waals surface area contributed by atoms with E-state index in [1.165, 1.54) is 0 Å². The molecular weight excluding hydrogens is 100 g/mol. The molecular formula is C7H14O. The molecule has 0 amide bonds. The second-order valence-corrected chi connectivity index (χ2v) is 2.03. The minimum Gasteiger partial charge on any atom is -0.389 e. The summed E-state index contributed by atoms with van der Waals surface area (Å²) in [6, 6.07) is 0. The van der Waals surface area contributed by atoms with E-state index in [2.05, 4.69) is 6.92 Å². The molecule has 8 heavy (non-hydrogen) atoms. The predicted octanol–water partition coefficient (Wildman–Crippen LogP) is 1.72. The summed E-state index contributed by atoms with van der Waals surface area (Å²) >= 11 is 0. The quantitative estimate of drug-likeness (QED) is 0.542. The van der Waals surface area contributed by atoms with Gasteiger partial charge < -0.3 is 5.11 Å². The summed E-state index contributed by atoms with van der Waals surface area (Å²) < 4.78 is 0. The van der Waals surface area contributed by atoms with Crippen LogP contribution in [-0.4, -0.2) is 11.2 Å². The number of hydrogen-bond donors (Lipinski definition) is 1. The third-order valence-electron chi connectivity index (χ3n) is 1.19. The highest BCUT2D eigenvalue weighted by Crippen LogP contribution is 1.99. The molecule has 1 atom stereocenters. The van der Waals surface area contributed by atoms with Crippen molar-refractivity contribution in [2.75, 3.05) is 0 Å². The first-order valence-corrected chi connectivity index (χ1v) is 3.03. The first-order valence-electron chi connectivity index (χ1n) is 3.03. The van der Waals surface area contributed by atoms with Crippen LogP contribution in [0.25, 0.3) is 0 Å². The average molecular weight is 114 g/mol. The van der Waals surface area contributed by atoms with Crippen LogP contribution in [0.2, 0.25) is 0 Å². The van der Waals surface area contributed by atoms with E-state index in [-0.39, 0.29) is 6.10 Å². The summed E-state index contributed by atoms with van der Waals surface area (Å²) in [5.74, 6) is 0. The molecule has 0 radical (unpaired) electrons. The molecule has 1 N–H and O–H groups in total. The summed E-state index contributed by atoms with van der Waals surface area (Å²) in [6.07, 6.45) is 2.77. The van der Waals surface area contributed by atoms with Crippen LogP contribution in [0.1, 0.15) is 27.2 Å². The van der Waals surface area contributed by atoms with Crippen molar-refractivity contribution in [3.05, 3.63) is 11.6 Å². The summed E-state index contributed by atoms with van der Waals surface area (Å²) in [4.78, 5) is 0. The number of aliphatic hydroxyl groups is 1. The fraction of sp³-hybridized carbons (Fsp3) is 0.714. The van der Waals surface area contributed by atoms with Gasteiger partial charge in [0.15, 0.2) is 0 Å². The van der Waals surface area contributed by atoms with E-state index in [9.17, 15) is 0 Å². The topological polar surface area (TPSA) is 20.2 Å². The molecule has 0 bridgehead atoms. The Hall–Kier alpha value is -0.300. The highest BCUT2D eigenvalue weighted by Gasteiger charge is 1.93. The van der Waals surface area contributed by atoms with Crippen LogP contribution in [-0.2, 0) is 0 Å². The molecule has 1 unspecified atom stereocenters. The van der Waals surface area contributed by atoms with Gasteiger partial charge in [-0.05, 0) is 25.8 Å². The van der Waals surface area contributed by atoms with E-state index >= 15 is 0 Å². The Balaban J connectivity index is 3.61. The smallest absolute Gasteiger partial charge is 0.0719 e. The van der Waals surface area contributed by atoms with E-state index < -0.39 is 0 Å². The molecule has 0 aliphatic carbocycles. The highest BCUT2D eigenvalue weighted by atomic mass is 16.3. The molecule has 1 nitrogen and oxygen atoms in total. The molecule has 0 heterocycles. The monoisotopic (exact) mass is 114 g/mol. The van der Waals surface area contributed by atoms with Gasteiger partial charge in [-0.25, -0.2) is 0 Å². The Kier molecular flexibility index (Phi) is 3.53. The minimum atomic E-state index is -0.269. The zero-order valence-corrected chi connectivity index (χ0v) is 5.81. The zero-order chi connectivity index (χ0) is 6.57. The summed E-state index contributed by atoms with van der Waals surface area (Å²) in [5.41, 5.74) is 1.06. The molecule has 0 fully saturated rings. The second-order valence-electron chi connectivity index (χ2n) is 2.03. The predicted molar refractivity (Wildman–Crippen MR) is 35.7 cm³/mol. The van der Waals surface area contributed by atoms with E-state index in [1.807, 2.05) is 13.0 Å². The molecule has 0 aromatic carbocycles. The fourth-order valence-electron chi connectivity index (χ4n) is 0.493. The van der Waals surface area contributed by atoms with Crippen molar-refractivity contribution in [1.82, 2.24) is 0 Å². The molecule has 0 saturated heterocycles. The number of allylic oxidation sites excluding steroid dienone is 1. The van der Waals surface area contributed by atoms with Crippen molar-refractivity contribution in [1.29, 1.82) is 0 Å². The lowest BCUT2D eigenvalue weighted by Crippen LogP contribution is -1.99. The van der Waals surface area contributed by atoms with Gasteiger partial charge in [-0.1, -0.05) is 13.0 Å². The SMILES string of the molecule is CCC=C(C)C(C)O. The van der Waals surface area contributed by atoms with Crippen molar-refractivity contribution >= 4 is 0 Å². The molecule has 0 rings (SSSR count). The number of hydrogen-bond acceptors (Lipinski definition) is 1. The van der Waals surface area contributed by atoms with Crippen LogP contribution in [0, 0.1) is 0 Å². The highest BCUT2D eigenvalue weighted by molar-refractivity contribution is 5.01. The lowest BCUT2D eigenvalue weighted by molar-refractivity contribution is 0.231. The maximum Gasteiger partial charge on any atom is 0.0719 e. The lowest BCUT2D eigenvalue weighted by atomic mass is 10.2. The molecule has 0 aromatic rings. The minimum absolute atomic E-state index is 0.269. The van der Waals surface area contributed by atoms with Gasteiger partial charge >= 0.3 is 0 Å². The van der Waals surface area contributed by atoms with E-state index in [1.54, 1.807) is 6.92 Å². The molecule has 48 valence electrons. The van der Waals surface area contributed by atoms with Gasteiger partial charge in [-0.2, -0.15) is 0 Å². The Labute approximate surface area is 51.0 Å². The Morgan fingerprint density at radius 2 is 2.25 bits per heavy atom. The van der Waals surface area contributed by atoms with Gasteiger partial charge in [0.05, 0.1) is 6.10 Å². The second kappa shape index (κ2) is 3.67. The van der Waals surface area contributed by atoms with Crippen LogP contribution in [0.4, 0.5) is 0 Å². The first kappa shape index (κ1) is 7.70. The standard InChI is InChI=1S/C7H14O/c1-4-5-6(2)7(3)8/h5,7-8H,4H2,1-3H3. The van der Waals surface area contributed by atoms with Gasteiger partial charge in [-0.3, -0.25) is 0 Å². The van der Waals surface area contributed by atoms with Crippen LogP contribution in [0.3, 0.4) is 0 Å². The summed E-state index contributed by atoms with van der Waals surface area (Å²) in [6.45, 7) is 5.78. The van der Waals surface area contributed by atoms with Crippen molar-refractivity contribution in [3.8, 4) is 0 Å². The van der Waals surface area contributed by atoms with Crippen molar-refractivity contribution in [2.45, 2.75) is 33.3 Å². The van der Waals surface area contributed by atoms with Gasteiger partial charge in [0, 0.05) is 0 Å². The Morgan fingerprint density at radius 1 is 1.75 bits per heavy atom. The van der Waals surface area contributed by atoms with Crippen LogP contribution < -0.4 is 0 Å². The number of rotatable bonds is 2. The van der Waals surface area contributed by atoms with Crippen molar-refractivity contribution in [3.63, 3.8) is 0 Å². The Morgan fingerprint density at radius 3 is 2.38 bits per heavy atom. The third kappa shape index (κ3) is 2.80. The van der Waals surface area contributed by atoms with Gasteiger partial charge in [0.1, 0.15) is 0 Å². The molecule has 0 spiro atoms. The molecule has 0 aliphatic rings. The van der Waals surface area contributed by atoms with Crippen molar-refractivity contribution in [2.24, 2.45) is 0 Å². The molecule has 1 heteroatoms. The zero-order valence-electron chi connectivity index (χ0n) is 5.81. The first-order chi connectivity index (χ1) is 3.68. The maximum absolute atomic E-state index is 8.88. The third-order valence-corrected chi connectivity index (χ3v) is 1.19. The number of aliphatic hydroxyl groups excluding tert-OH is 1. The molecule has 0 aromatic heterocycles. The average Bonchev–Trinajstić information content (AvgIpc) is 1.67. The molecule has 0 aliphatic heterocycles. The van der Waals surface area contributed by atoms with Crippen LogP contribution in [0.5, 0.6) is 0 Å². The van der Waals surface area contributed by atoms with E-state index in [0.29, 0.717) is 0 Å². The van der Waals surface area contributed by atoms with Gasteiger partial charge in [0.25, 0.3) is 0 Å². The molecule has 0 saturated carbocycles. The van der Waals surface area contributed by atoms with Crippen LogP contribution >= 0.6 is 0 Å². The maximum atomic E-state index is 8.88. The Bertz CT molecular complexity index is 82.4. The lowest BCUT2D eigenvalue weighted by Gasteiger charge is -2.01. The van der Waals surface area contributed by atoms with Crippen LogP contribution in [0.15, 0.2) is 11.6 Å². The fourth-order valence-corrected chi connectivity index (χ4v) is 0.493. The van der Waals surface area contributed by atoms with Gasteiger partial charge in [-0.15, -0.1) is 0 Å². The normalized spacial score (nSPS) is 16.2. The summed E-state index contributed by atoms with van der Waals surface area (Å²) in [7, 11) is 0.